The Morgan fingerprint density at radius 2 is 1.89 bits per heavy atom. The summed E-state index contributed by atoms with van der Waals surface area (Å²) >= 11 is 5.52. The Morgan fingerprint density at radius 1 is 1.22 bits per heavy atom. The van der Waals surface area contributed by atoms with Crippen LogP contribution in [0.3, 0.4) is 0 Å². The second-order valence-electron chi connectivity index (χ2n) is 3.79. The first kappa shape index (κ1) is 12.9. The fraction of sp³-hybridized carbons (Fsp3) is 0.273. The van der Waals surface area contributed by atoms with Gasteiger partial charge in [-0.25, -0.2) is 0 Å². The zero-order valence-corrected chi connectivity index (χ0v) is 9.68. The Labute approximate surface area is 105 Å². The Hall–Kier alpha value is -1.56. The van der Waals surface area contributed by atoms with Crippen molar-refractivity contribution >= 4 is 29.0 Å². The summed E-state index contributed by atoms with van der Waals surface area (Å²) in [6.45, 7) is -0.0393. The molecule has 1 heterocycles. The third-order valence-electron chi connectivity index (χ3n) is 2.60. The molecule has 1 aromatic rings. The van der Waals surface area contributed by atoms with Crippen LogP contribution in [-0.2, 0) is 15.8 Å². The maximum absolute atomic E-state index is 12.8. The summed E-state index contributed by atoms with van der Waals surface area (Å²) in [6.07, 6.45) is -4.70. The number of carbonyl (C=O) groups is 2. The van der Waals surface area contributed by atoms with Crippen molar-refractivity contribution in [1.29, 1.82) is 0 Å². The minimum Gasteiger partial charge on any atom is -0.305 e. The van der Waals surface area contributed by atoms with Crippen LogP contribution in [0.4, 0.5) is 18.9 Å². The van der Waals surface area contributed by atoms with Crippen molar-refractivity contribution in [2.45, 2.75) is 12.6 Å². The lowest BCUT2D eigenvalue weighted by Gasteiger charge is -2.20. The van der Waals surface area contributed by atoms with Crippen LogP contribution in [-0.4, -0.2) is 18.2 Å². The third-order valence-corrected chi connectivity index (χ3v) is 2.84. The number of carbonyl (C=O) groups excluding carboxylic acids is 2. The van der Waals surface area contributed by atoms with E-state index in [4.69, 9.17) is 11.6 Å². The van der Waals surface area contributed by atoms with Gasteiger partial charge in [0, 0.05) is 18.0 Å². The Kier molecular flexibility index (Phi) is 3.06. The van der Waals surface area contributed by atoms with E-state index in [9.17, 15) is 22.8 Å². The van der Waals surface area contributed by atoms with Crippen molar-refractivity contribution < 1.29 is 22.8 Å². The first-order chi connectivity index (χ1) is 8.30. The molecule has 1 fully saturated rings. The number of Topliss-reactive ketones (excluding diaryl/α,β-unsaturated/α-hetero) is 1. The van der Waals surface area contributed by atoms with E-state index in [0.29, 0.717) is 0 Å². The summed E-state index contributed by atoms with van der Waals surface area (Å²) in [6, 6.07) is 3.09. The van der Waals surface area contributed by atoms with Gasteiger partial charge in [-0.05, 0) is 18.2 Å². The Balaban J connectivity index is 2.51. The van der Waals surface area contributed by atoms with Crippen LogP contribution in [0.1, 0.15) is 12.0 Å². The quantitative estimate of drug-likeness (QED) is 0.740. The van der Waals surface area contributed by atoms with Crippen LogP contribution < -0.4 is 4.90 Å². The third kappa shape index (κ3) is 2.20. The van der Waals surface area contributed by atoms with E-state index in [1.807, 2.05) is 0 Å². The maximum atomic E-state index is 12.8. The van der Waals surface area contributed by atoms with E-state index in [1.165, 1.54) is 6.07 Å². The van der Waals surface area contributed by atoms with E-state index in [1.54, 1.807) is 0 Å². The molecule has 7 heteroatoms. The molecule has 18 heavy (non-hydrogen) atoms. The Bertz CT molecular complexity index is 528. The first-order valence-electron chi connectivity index (χ1n) is 5.02. The van der Waals surface area contributed by atoms with E-state index in [-0.39, 0.29) is 23.7 Å². The van der Waals surface area contributed by atoms with Gasteiger partial charge in [0.15, 0.2) is 0 Å². The first-order valence-corrected chi connectivity index (χ1v) is 5.40. The lowest BCUT2D eigenvalue weighted by atomic mass is 10.1. The van der Waals surface area contributed by atoms with Crippen LogP contribution in [0.5, 0.6) is 0 Å². The lowest BCUT2D eigenvalue weighted by molar-refractivity contribution is -0.137. The number of ketones is 1. The summed E-state index contributed by atoms with van der Waals surface area (Å²) in [5, 5.41) is -0.0796. The summed E-state index contributed by atoms with van der Waals surface area (Å²) in [5.41, 5.74) is -1.35. The molecule has 1 aromatic carbocycles. The van der Waals surface area contributed by atoms with Crippen molar-refractivity contribution in [3.63, 3.8) is 0 Å². The van der Waals surface area contributed by atoms with Gasteiger partial charge in [-0.3, -0.25) is 9.59 Å². The molecule has 2 rings (SSSR count). The second-order valence-corrected chi connectivity index (χ2v) is 4.23. The largest absolute Gasteiger partial charge is 0.418 e. The molecule has 0 radical (unpaired) electrons. The molecular formula is C11H7ClF3NO2. The highest BCUT2D eigenvalue weighted by Gasteiger charge is 2.39. The molecule has 1 aliphatic rings. The number of nitrogens with zero attached hydrogens (tertiary/aromatic N) is 1. The highest BCUT2D eigenvalue weighted by Crippen LogP contribution is 2.39. The molecule has 0 aromatic heterocycles. The molecular weight excluding hydrogens is 271 g/mol. The summed E-state index contributed by atoms with van der Waals surface area (Å²) in [5.74, 6) is -1.60. The number of amides is 1. The zero-order valence-electron chi connectivity index (χ0n) is 8.92. The molecule has 3 nitrogen and oxygen atoms in total. The van der Waals surface area contributed by atoms with Gasteiger partial charge >= 0.3 is 6.18 Å². The second kappa shape index (κ2) is 4.28. The summed E-state index contributed by atoms with van der Waals surface area (Å²) in [4.78, 5) is 23.4. The highest BCUT2D eigenvalue weighted by atomic mass is 35.5. The van der Waals surface area contributed by atoms with Gasteiger partial charge in [0.2, 0.25) is 5.78 Å². The molecule has 0 atom stereocenters. The van der Waals surface area contributed by atoms with Gasteiger partial charge in [0.25, 0.3) is 5.91 Å². The molecule has 0 N–H and O–H groups in total. The van der Waals surface area contributed by atoms with Gasteiger partial charge in [-0.15, -0.1) is 0 Å². The van der Waals surface area contributed by atoms with Gasteiger partial charge in [0.1, 0.15) is 0 Å². The van der Waals surface area contributed by atoms with Crippen molar-refractivity contribution in [2.75, 3.05) is 11.4 Å². The molecule has 0 aliphatic carbocycles. The maximum Gasteiger partial charge on any atom is 0.418 e. The molecule has 1 amide bonds. The van der Waals surface area contributed by atoms with Crippen molar-refractivity contribution in [1.82, 2.24) is 0 Å². The van der Waals surface area contributed by atoms with Crippen LogP contribution in [0, 0.1) is 0 Å². The monoisotopic (exact) mass is 277 g/mol. The van der Waals surface area contributed by atoms with Crippen LogP contribution in [0.25, 0.3) is 0 Å². The minimum absolute atomic E-state index is 0.0393. The Morgan fingerprint density at radius 3 is 2.39 bits per heavy atom. The molecule has 1 aliphatic heterocycles. The van der Waals surface area contributed by atoms with E-state index in [0.717, 1.165) is 17.0 Å². The number of hydrogen-bond acceptors (Lipinski definition) is 2. The van der Waals surface area contributed by atoms with Crippen molar-refractivity contribution in [2.24, 2.45) is 0 Å². The number of alkyl halides is 3. The number of benzene rings is 1. The highest BCUT2D eigenvalue weighted by molar-refractivity contribution is 6.43. The average Bonchev–Trinajstić information content (AvgIpc) is 2.59. The molecule has 1 saturated heterocycles. The van der Waals surface area contributed by atoms with Crippen LogP contribution in [0.15, 0.2) is 18.2 Å². The smallest absolute Gasteiger partial charge is 0.305 e. The van der Waals surface area contributed by atoms with Gasteiger partial charge < -0.3 is 4.90 Å². The number of halogens is 4. The molecule has 0 saturated carbocycles. The van der Waals surface area contributed by atoms with E-state index in [2.05, 4.69) is 0 Å². The molecule has 0 unspecified atom stereocenters. The van der Waals surface area contributed by atoms with E-state index < -0.39 is 23.4 Å². The van der Waals surface area contributed by atoms with Gasteiger partial charge in [0.05, 0.1) is 11.3 Å². The van der Waals surface area contributed by atoms with Crippen LogP contribution >= 0.6 is 11.6 Å². The predicted molar refractivity (Wildman–Crippen MR) is 58.4 cm³/mol. The van der Waals surface area contributed by atoms with Crippen LogP contribution in [0.2, 0.25) is 5.02 Å². The fourth-order valence-corrected chi connectivity index (χ4v) is 1.94. The normalized spacial score (nSPS) is 16.6. The average molecular weight is 278 g/mol. The van der Waals surface area contributed by atoms with E-state index >= 15 is 0 Å². The topological polar surface area (TPSA) is 37.4 Å². The van der Waals surface area contributed by atoms with Gasteiger partial charge in [-0.2, -0.15) is 13.2 Å². The number of rotatable bonds is 1. The molecule has 0 bridgehead atoms. The minimum atomic E-state index is -4.63. The lowest BCUT2D eigenvalue weighted by Crippen LogP contribution is -2.29. The summed E-state index contributed by atoms with van der Waals surface area (Å²) in [7, 11) is 0. The molecule has 96 valence electrons. The standard InChI is InChI=1S/C11H7ClF3NO2/c12-6-1-2-8(7(5-6)11(13,14)15)16-4-3-9(17)10(16)18/h1-2,5H,3-4H2. The number of hydrogen-bond donors (Lipinski definition) is 0. The van der Waals surface area contributed by atoms with Gasteiger partial charge in [-0.1, -0.05) is 11.6 Å². The zero-order chi connectivity index (χ0) is 13.5. The summed E-state index contributed by atoms with van der Waals surface area (Å²) < 4.78 is 38.5. The number of anilines is 1. The predicted octanol–water partition coefficient (Wildman–Crippen LogP) is 2.66. The van der Waals surface area contributed by atoms with Crippen molar-refractivity contribution in [3.05, 3.63) is 28.8 Å². The SMILES string of the molecule is O=C1CCN(c2ccc(Cl)cc2C(F)(F)F)C1=O. The molecule has 0 spiro atoms. The fourth-order valence-electron chi connectivity index (χ4n) is 1.77. The van der Waals surface area contributed by atoms with Crippen molar-refractivity contribution in [3.8, 4) is 0 Å².